The molecule has 4 heterocycles. The fourth-order valence-corrected chi connectivity index (χ4v) is 4.85. The van der Waals surface area contributed by atoms with Gasteiger partial charge in [-0.1, -0.05) is 17.3 Å². The van der Waals surface area contributed by atoms with Crippen LogP contribution in [-0.4, -0.2) is 56.6 Å². The molecule has 1 saturated heterocycles. The van der Waals surface area contributed by atoms with Gasteiger partial charge in [-0.25, -0.2) is 13.1 Å². The Bertz CT molecular complexity index is 1120. The molecule has 0 saturated carbocycles. The number of pyridine rings is 2. The molecule has 0 amide bonds. The molecule has 0 spiro atoms. The number of nitrogens with zero attached hydrogens (tertiary/aromatic N) is 6. The summed E-state index contributed by atoms with van der Waals surface area (Å²) < 4.78 is 26.3. The molecule has 3 aromatic rings. The molecular formula is C23H30N6O2S. The SMILES string of the molecule is CC(C)S(=O)(=O)Cc1cccc(C2CCN(Cc3cn(Cc4ccccn4)nn3)CC2)n1. The van der Waals surface area contributed by atoms with Crippen LogP contribution < -0.4 is 0 Å². The van der Waals surface area contributed by atoms with Crippen LogP contribution in [0.15, 0.2) is 48.8 Å². The Morgan fingerprint density at radius 2 is 1.78 bits per heavy atom. The largest absolute Gasteiger partial charge is 0.297 e. The molecule has 1 fully saturated rings. The third kappa shape index (κ3) is 5.77. The van der Waals surface area contributed by atoms with Crippen molar-refractivity contribution in [3.05, 3.63) is 71.6 Å². The number of piperidine rings is 1. The second kappa shape index (κ2) is 9.87. The maximum absolute atomic E-state index is 12.2. The van der Waals surface area contributed by atoms with E-state index in [1.807, 2.05) is 47.3 Å². The normalized spacial score (nSPS) is 16.0. The summed E-state index contributed by atoms with van der Waals surface area (Å²) in [7, 11) is -3.15. The van der Waals surface area contributed by atoms with Gasteiger partial charge in [-0.3, -0.25) is 14.9 Å². The average Bonchev–Trinajstić information content (AvgIpc) is 3.21. The molecule has 1 aliphatic rings. The smallest absolute Gasteiger partial charge is 0.158 e. The Morgan fingerprint density at radius 1 is 1.00 bits per heavy atom. The Morgan fingerprint density at radius 3 is 2.50 bits per heavy atom. The second-order valence-corrected chi connectivity index (χ2v) is 11.2. The number of likely N-dealkylation sites (tertiary alicyclic amines) is 1. The second-order valence-electron chi connectivity index (χ2n) is 8.69. The molecule has 0 N–H and O–H groups in total. The molecule has 3 aromatic heterocycles. The van der Waals surface area contributed by atoms with Gasteiger partial charge in [-0.2, -0.15) is 0 Å². The minimum atomic E-state index is -3.15. The van der Waals surface area contributed by atoms with Gasteiger partial charge in [0.2, 0.25) is 0 Å². The van der Waals surface area contributed by atoms with Crippen LogP contribution in [-0.2, 0) is 28.7 Å². The molecule has 32 heavy (non-hydrogen) atoms. The van der Waals surface area contributed by atoms with Crippen molar-refractivity contribution in [2.75, 3.05) is 13.1 Å². The average molecular weight is 455 g/mol. The van der Waals surface area contributed by atoms with Crippen molar-refractivity contribution in [1.29, 1.82) is 0 Å². The first-order chi connectivity index (χ1) is 15.4. The maximum atomic E-state index is 12.2. The molecule has 170 valence electrons. The van der Waals surface area contributed by atoms with E-state index in [1.165, 1.54) is 0 Å². The first-order valence-electron chi connectivity index (χ1n) is 11.1. The van der Waals surface area contributed by atoms with E-state index in [0.717, 1.165) is 49.6 Å². The third-order valence-electron chi connectivity index (χ3n) is 5.92. The molecule has 9 heteroatoms. The third-order valence-corrected chi connectivity index (χ3v) is 8.06. The van der Waals surface area contributed by atoms with Crippen molar-refractivity contribution in [3.8, 4) is 0 Å². The van der Waals surface area contributed by atoms with E-state index in [0.29, 0.717) is 18.2 Å². The van der Waals surface area contributed by atoms with Crippen molar-refractivity contribution in [1.82, 2.24) is 29.9 Å². The zero-order chi connectivity index (χ0) is 22.6. The molecule has 8 nitrogen and oxygen atoms in total. The molecule has 0 atom stereocenters. The molecule has 0 radical (unpaired) electrons. The zero-order valence-corrected chi connectivity index (χ0v) is 19.4. The van der Waals surface area contributed by atoms with Gasteiger partial charge in [0.1, 0.15) is 0 Å². The van der Waals surface area contributed by atoms with Crippen LogP contribution in [0.1, 0.15) is 55.4 Å². The van der Waals surface area contributed by atoms with Crippen LogP contribution in [0.25, 0.3) is 0 Å². The number of hydrogen-bond donors (Lipinski definition) is 0. The van der Waals surface area contributed by atoms with E-state index in [1.54, 1.807) is 20.0 Å². The molecule has 0 bridgehead atoms. The summed E-state index contributed by atoms with van der Waals surface area (Å²) in [5.74, 6) is 0.360. The maximum Gasteiger partial charge on any atom is 0.158 e. The summed E-state index contributed by atoms with van der Waals surface area (Å²) in [6.45, 7) is 6.72. The lowest BCUT2D eigenvalue weighted by atomic mass is 9.93. The number of hydrogen-bond acceptors (Lipinski definition) is 7. The van der Waals surface area contributed by atoms with Crippen LogP contribution in [0.5, 0.6) is 0 Å². The summed E-state index contributed by atoms with van der Waals surface area (Å²) in [5, 5.41) is 8.16. The van der Waals surface area contributed by atoms with Gasteiger partial charge < -0.3 is 0 Å². The van der Waals surface area contributed by atoms with E-state index >= 15 is 0 Å². The number of sulfone groups is 1. The topological polar surface area (TPSA) is 93.9 Å². The number of rotatable bonds is 8. The molecule has 1 aliphatic heterocycles. The highest BCUT2D eigenvalue weighted by Crippen LogP contribution is 2.27. The van der Waals surface area contributed by atoms with Gasteiger partial charge in [0.05, 0.1) is 40.8 Å². The van der Waals surface area contributed by atoms with Crippen molar-refractivity contribution >= 4 is 9.84 Å². The highest BCUT2D eigenvalue weighted by molar-refractivity contribution is 7.91. The van der Waals surface area contributed by atoms with Crippen molar-refractivity contribution in [2.45, 2.75) is 56.7 Å². The Labute approximate surface area is 189 Å². The summed E-state index contributed by atoms with van der Waals surface area (Å²) in [5.41, 5.74) is 3.56. The van der Waals surface area contributed by atoms with E-state index in [9.17, 15) is 8.42 Å². The van der Waals surface area contributed by atoms with Crippen LogP contribution in [0.4, 0.5) is 0 Å². The van der Waals surface area contributed by atoms with Gasteiger partial charge in [0.15, 0.2) is 9.84 Å². The summed E-state index contributed by atoms with van der Waals surface area (Å²) in [6.07, 6.45) is 5.76. The quantitative estimate of drug-likeness (QED) is 0.517. The molecular weight excluding hydrogens is 424 g/mol. The Kier molecular flexibility index (Phi) is 6.95. The van der Waals surface area contributed by atoms with Crippen molar-refractivity contribution < 1.29 is 8.42 Å². The first kappa shape index (κ1) is 22.5. The highest BCUT2D eigenvalue weighted by atomic mass is 32.2. The zero-order valence-electron chi connectivity index (χ0n) is 18.6. The number of aromatic nitrogens is 5. The Hall–Kier alpha value is -2.65. The van der Waals surface area contributed by atoms with E-state index in [2.05, 4.69) is 25.2 Å². The first-order valence-corrected chi connectivity index (χ1v) is 12.8. The van der Waals surface area contributed by atoms with E-state index in [4.69, 9.17) is 0 Å². The van der Waals surface area contributed by atoms with Gasteiger partial charge in [-0.05, 0) is 64.0 Å². The summed E-state index contributed by atoms with van der Waals surface area (Å²) in [4.78, 5) is 11.4. The van der Waals surface area contributed by atoms with Crippen LogP contribution in [0.2, 0.25) is 0 Å². The summed E-state index contributed by atoms with van der Waals surface area (Å²) in [6, 6.07) is 11.6. The minimum absolute atomic E-state index is 0.00547. The summed E-state index contributed by atoms with van der Waals surface area (Å²) >= 11 is 0. The lowest BCUT2D eigenvalue weighted by Gasteiger charge is -2.31. The predicted octanol–water partition coefficient (Wildman–Crippen LogP) is 2.82. The monoisotopic (exact) mass is 454 g/mol. The van der Waals surface area contributed by atoms with E-state index < -0.39 is 15.1 Å². The van der Waals surface area contributed by atoms with Gasteiger partial charge in [0, 0.05) is 24.4 Å². The van der Waals surface area contributed by atoms with Gasteiger partial charge in [0.25, 0.3) is 0 Å². The standard InChI is InChI=1S/C23H30N6O2S/c1-18(2)32(30,31)17-21-7-5-8-23(25-21)19-9-12-28(13-10-19)14-22-16-29(27-26-22)15-20-6-3-4-11-24-20/h3-8,11,16,18-19H,9-10,12-15,17H2,1-2H3. The van der Waals surface area contributed by atoms with Gasteiger partial charge in [-0.15, -0.1) is 5.10 Å². The minimum Gasteiger partial charge on any atom is -0.297 e. The fraction of sp³-hybridized carbons (Fsp3) is 0.478. The van der Waals surface area contributed by atoms with Crippen LogP contribution in [0, 0.1) is 0 Å². The van der Waals surface area contributed by atoms with Gasteiger partial charge >= 0.3 is 0 Å². The highest BCUT2D eigenvalue weighted by Gasteiger charge is 2.23. The lowest BCUT2D eigenvalue weighted by molar-refractivity contribution is 0.201. The fourth-order valence-electron chi connectivity index (χ4n) is 3.94. The van der Waals surface area contributed by atoms with Crippen molar-refractivity contribution in [3.63, 3.8) is 0 Å². The van der Waals surface area contributed by atoms with E-state index in [-0.39, 0.29) is 5.75 Å². The Balaban J connectivity index is 1.31. The molecule has 4 rings (SSSR count). The van der Waals surface area contributed by atoms with Crippen molar-refractivity contribution in [2.24, 2.45) is 0 Å². The molecule has 0 aliphatic carbocycles. The van der Waals surface area contributed by atoms with Crippen LogP contribution >= 0.6 is 0 Å². The predicted molar refractivity (Wildman–Crippen MR) is 123 cm³/mol. The molecule has 0 unspecified atom stereocenters. The molecule has 0 aromatic carbocycles. The lowest BCUT2D eigenvalue weighted by Crippen LogP contribution is -2.32. The van der Waals surface area contributed by atoms with Crippen LogP contribution in [0.3, 0.4) is 0 Å².